The number of rotatable bonds is 4. The van der Waals surface area contributed by atoms with E-state index in [1.54, 1.807) is 0 Å². The molecule has 0 bridgehead atoms. The normalized spacial score (nSPS) is 11.8. The van der Waals surface area contributed by atoms with Crippen LogP contribution < -0.4 is 4.74 Å². The lowest BCUT2D eigenvalue weighted by molar-refractivity contribution is -0.141. The zero-order valence-corrected chi connectivity index (χ0v) is 12.5. The minimum Gasteiger partial charge on any atom is -0.438 e. The molecule has 2 heterocycles. The van der Waals surface area contributed by atoms with Crippen molar-refractivity contribution in [1.82, 2.24) is 15.1 Å². The monoisotopic (exact) mass is 375 g/mol. The molecule has 0 amide bonds. The van der Waals surface area contributed by atoms with E-state index in [-0.39, 0.29) is 17.1 Å². The maximum absolute atomic E-state index is 14.1. The molecule has 11 heteroatoms. The van der Waals surface area contributed by atoms with Crippen molar-refractivity contribution in [3.8, 4) is 23.0 Å². The molecule has 0 N–H and O–H groups in total. The van der Waals surface area contributed by atoms with Crippen LogP contribution in [0, 0.1) is 5.82 Å². The van der Waals surface area contributed by atoms with Gasteiger partial charge in [-0.15, -0.1) is 0 Å². The number of alkyl halides is 5. The lowest BCUT2D eigenvalue weighted by atomic mass is 10.1. The van der Waals surface area contributed by atoms with Crippen molar-refractivity contribution in [3.63, 3.8) is 0 Å². The Hall–Kier alpha value is -3.11. The third kappa shape index (κ3) is 3.60. The molecular formula is C15H7F6N3O2. The van der Waals surface area contributed by atoms with Crippen LogP contribution in [-0.4, -0.2) is 15.1 Å². The highest BCUT2D eigenvalue weighted by Crippen LogP contribution is 2.37. The van der Waals surface area contributed by atoms with Crippen molar-refractivity contribution < 1.29 is 35.6 Å². The van der Waals surface area contributed by atoms with Crippen LogP contribution in [0.15, 0.2) is 41.2 Å². The molecule has 0 spiro atoms. The fourth-order valence-electron chi connectivity index (χ4n) is 2.00. The summed E-state index contributed by atoms with van der Waals surface area (Å²) in [6.07, 6.45) is -7.05. The molecule has 136 valence electrons. The molecule has 0 fully saturated rings. The second-order valence-corrected chi connectivity index (χ2v) is 4.87. The van der Waals surface area contributed by atoms with E-state index in [9.17, 15) is 26.3 Å². The summed E-state index contributed by atoms with van der Waals surface area (Å²) in [5.41, 5.74) is -2.38. The van der Waals surface area contributed by atoms with Gasteiger partial charge in [-0.2, -0.15) is 13.2 Å². The van der Waals surface area contributed by atoms with Gasteiger partial charge in [-0.05, 0) is 12.1 Å². The number of hydrogen-bond donors (Lipinski definition) is 0. The summed E-state index contributed by atoms with van der Waals surface area (Å²) in [7, 11) is 0. The fraction of sp³-hybridized carbons (Fsp3) is 0.133. The molecule has 0 saturated heterocycles. The Morgan fingerprint density at radius 3 is 2.50 bits per heavy atom. The van der Waals surface area contributed by atoms with E-state index < -0.39 is 35.7 Å². The summed E-state index contributed by atoms with van der Waals surface area (Å²) < 4.78 is 87.4. The first kappa shape index (κ1) is 17.7. The smallest absolute Gasteiger partial charge is 0.433 e. The fourth-order valence-corrected chi connectivity index (χ4v) is 2.00. The maximum atomic E-state index is 14.1. The number of ether oxygens (including phenoxy) is 1. The highest BCUT2D eigenvalue weighted by Gasteiger charge is 2.33. The van der Waals surface area contributed by atoms with Gasteiger partial charge in [-0.3, -0.25) is 0 Å². The Morgan fingerprint density at radius 1 is 1.08 bits per heavy atom. The van der Waals surface area contributed by atoms with Crippen LogP contribution in [0.1, 0.15) is 17.8 Å². The van der Waals surface area contributed by atoms with Crippen LogP contribution in [0.3, 0.4) is 0 Å². The average molecular weight is 375 g/mol. The molecule has 26 heavy (non-hydrogen) atoms. The van der Waals surface area contributed by atoms with E-state index in [0.29, 0.717) is 12.4 Å². The van der Waals surface area contributed by atoms with E-state index in [1.807, 2.05) is 0 Å². The second kappa shape index (κ2) is 6.65. The van der Waals surface area contributed by atoms with E-state index >= 15 is 0 Å². The van der Waals surface area contributed by atoms with Crippen molar-refractivity contribution in [3.05, 3.63) is 53.9 Å². The van der Waals surface area contributed by atoms with Gasteiger partial charge in [0, 0.05) is 12.1 Å². The number of halogens is 6. The highest BCUT2D eigenvalue weighted by molar-refractivity contribution is 5.67. The van der Waals surface area contributed by atoms with Crippen LogP contribution >= 0.6 is 0 Å². The largest absolute Gasteiger partial charge is 0.438 e. The highest BCUT2D eigenvalue weighted by atomic mass is 19.4. The van der Waals surface area contributed by atoms with Crippen molar-refractivity contribution in [2.75, 3.05) is 0 Å². The van der Waals surface area contributed by atoms with Gasteiger partial charge in [0.1, 0.15) is 23.6 Å². The summed E-state index contributed by atoms with van der Waals surface area (Å²) in [6.45, 7) is 0. The van der Waals surface area contributed by atoms with Gasteiger partial charge >= 0.3 is 6.18 Å². The summed E-state index contributed by atoms with van der Waals surface area (Å²) in [5, 5.41) is 3.11. The minimum absolute atomic E-state index is 0.297. The van der Waals surface area contributed by atoms with Gasteiger partial charge in [-0.25, -0.2) is 23.1 Å². The Bertz CT molecular complexity index is 926. The van der Waals surface area contributed by atoms with Crippen LogP contribution in [0.4, 0.5) is 26.3 Å². The number of aromatic nitrogens is 3. The van der Waals surface area contributed by atoms with Crippen LogP contribution in [0.25, 0.3) is 11.3 Å². The molecule has 5 nitrogen and oxygen atoms in total. The Morgan fingerprint density at radius 2 is 1.85 bits per heavy atom. The molecule has 1 aromatic carbocycles. The van der Waals surface area contributed by atoms with E-state index in [1.165, 1.54) is 12.1 Å². The quantitative estimate of drug-likeness (QED) is 0.600. The molecule has 0 atom stereocenters. The molecule has 3 rings (SSSR count). The van der Waals surface area contributed by atoms with E-state index in [0.717, 1.165) is 12.1 Å². The summed E-state index contributed by atoms with van der Waals surface area (Å²) >= 11 is 0. The zero-order valence-electron chi connectivity index (χ0n) is 12.5. The number of nitrogens with zero attached hydrogens (tertiary/aromatic N) is 3. The van der Waals surface area contributed by atoms with Crippen LogP contribution in [-0.2, 0) is 6.18 Å². The van der Waals surface area contributed by atoms with Crippen LogP contribution in [0.5, 0.6) is 11.6 Å². The van der Waals surface area contributed by atoms with Gasteiger partial charge in [-0.1, -0.05) is 11.2 Å². The molecule has 0 unspecified atom stereocenters. The van der Waals surface area contributed by atoms with Crippen molar-refractivity contribution in [2.24, 2.45) is 0 Å². The Labute approximate surface area is 141 Å². The van der Waals surface area contributed by atoms with Gasteiger partial charge in [0.2, 0.25) is 5.88 Å². The number of benzene rings is 1. The zero-order chi connectivity index (χ0) is 18.9. The summed E-state index contributed by atoms with van der Waals surface area (Å²) in [5.74, 6) is -2.11. The molecule has 0 aliphatic carbocycles. The molecule has 0 aliphatic heterocycles. The molecule has 3 aromatic rings. The molecule has 0 aliphatic rings. The topological polar surface area (TPSA) is 61.0 Å². The SMILES string of the molecule is Fc1cccc(Oc2cc(C(F)(F)F)ncn2)c1-c1cc(C(F)F)no1. The molecule has 0 radical (unpaired) electrons. The van der Waals surface area contributed by atoms with Gasteiger partial charge in [0.05, 0.1) is 5.56 Å². The molecule has 2 aromatic heterocycles. The third-order valence-corrected chi connectivity index (χ3v) is 3.12. The van der Waals surface area contributed by atoms with Gasteiger partial charge < -0.3 is 9.26 Å². The summed E-state index contributed by atoms with van der Waals surface area (Å²) in [6, 6.07) is 4.73. The molecule has 0 saturated carbocycles. The standard InChI is InChI=1S/C15H7F6N3O2/c16-7-2-1-3-9(13(7)10-4-8(14(17)18)24-26-10)25-12-5-11(15(19,20)21)22-6-23-12/h1-6,14H. The average Bonchev–Trinajstić information content (AvgIpc) is 3.04. The van der Waals surface area contributed by atoms with Gasteiger partial charge in [0.15, 0.2) is 11.5 Å². The van der Waals surface area contributed by atoms with Crippen molar-refractivity contribution in [1.29, 1.82) is 0 Å². The van der Waals surface area contributed by atoms with Gasteiger partial charge in [0.25, 0.3) is 6.43 Å². The number of hydrogen-bond acceptors (Lipinski definition) is 5. The minimum atomic E-state index is -4.73. The second-order valence-electron chi connectivity index (χ2n) is 4.87. The predicted octanol–water partition coefficient (Wildman–Crippen LogP) is 5.02. The van der Waals surface area contributed by atoms with E-state index in [4.69, 9.17) is 4.74 Å². The lowest BCUT2D eigenvalue weighted by Gasteiger charge is -2.10. The Kier molecular flexibility index (Phi) is 4.53. The van der Waals surface area contributed by atoms with E-state index in [2.05, 4.69) is 19.6 Å². The van der Waals surface area contributed by atoms with Crippen molar-refractivity contribution in [2.45, 2.75) is 12.6 Å². The first-order valence-electron chi connectivity index (χ1n) is 6.86. The predicted molar refractivity (Wildman–Crippen MR) is 74.0 cm³/mol. The van der Waals surface area contributed by atoms with Crippen LogP contribution in [0.2, 0.25) is 0 Å². The molecular weight excluding hydrogens is 368 g/mol. The first-order valence-corrected chi connectivity index (χ1v) is 6.86. The maximum Gasteiger partial charge on any atom is 0.433 e. The first-order chi connectivity index (χ1) is 12.3. The van der Waals surface area contributed by atoms with Crippen molar-refractivity contribution >= 4 is 0 Å². The summed E-state index contributed by atoms with van der Waals surface area (Å²) in [4.78, 5) is 6.60. The third-order valence-electron chi connectivity index (χ3n) is 3.12. The Balaban J connectivity index is 2.00. The lowest BCUT2D eigenvalue weighted by Crippen LogP contribution is -2.08.